The molecule has 136 valence electrons. The lowest BCUT2D eigenvalue weighted by Gasteiger charge is -2.14. The minimum Gasteiger partial charge on any atom is -0.489 e. The molecule has 6 heteroatoms. The zero-order chi connectivity index (χ0) is 19.1. The van der Waals surface area contributed by atoms with Crippen molar-refractivity contribution in [1.82, 2.24) is 0 Å². The molecule has 0 fully saturated rings. The molecule has 0 aromatic heterocycles. The number of nitrogens with one attached hydrogen (secondary N) is 2. The molecular formula is C20H22N2O4. The molecule has 0 saturated heterocycles. The summed E-state index contributed by atoms with van der Waals surface area (Å²) in [4.78, 5) is 35.4. The maximum absolute atomic E-state index is 12.1. The second-order valence-corrected chi connectivity index (χ2v) is 6.07. The molecule has 2 rings (SSSR count). The van der Waals surface area contributed by atoms with Gasteiger partial charge >= 0.3 is 0 Å². The first-order valence-electron chi connectivity index (χ1n) is 8.31. The van der Waals surface area contributed by atoms with Gasteiger partial charge in [0.1, 0.15) is 12.2 Å². The summed E-state index contributed by atoms with van der Waals surface area (Å²) in [7, 11) is 0. The van der Waals surface area contributed by atoms with Crippen LogP contribution in [0.2, 0.25) is 0 Å². The first kappa shape index (κ1) is 19.2. The molecule has 0 aliphatic heterocycles. The molecule has 0 radical (unpaired) electrons. The molecule has 2 aromatic rings. The highest BCUT2D eigenvalue weighted by atomic mass is 16.5. The van der Waals surface area contributed by atoms with Gasteiger partial charge in [-0.2, -0.15) is 0 Å². The fourth-order valence-corrected chi connectivity index (χ4v) is 2.26. The van der Waals surface area contributed by atoms with Gasteiger partial charge in [0, 0.05) is 11.3 Å². The second-order valence-electron chi connectivity index (χ2n) is 6.07. The number of benzene rings is 2. The van der Waals surface area contributed by atoms with Gasteiger partial charge < -0.3 is 15.4 Å². The van der Waals surface area contributed by atoms with E-state index in [4.69, 9.17) is 4.74 Å². The molecule has 0 heterocycles. The van der Waals surface area contributed by atoms with Crippen molar-refractivity contribution in [3.8, 4) is 5.75 Å². The number of hydrogen-bond acceptors (Lipinski definition) is 4. The van der Waals surface area contributed by atoms with Crippen molar-refractivity contribution in [3.63, 3.8) is 0 Å². The number of carbonyl (C=O) groups excluding carboxylic acids is 3. The van der Waals surface area contributed by atoms with Crippen LogP contribution in [-0.4, -0.2) is 23.7 Å². The van der Waals surface area contributed by atoms with E-state index >= 15 is 0 Å². The Balaban J connectivity index is 1.93. The van der Waals surface area contributed by atoms with Crippen LogP contribution >= 0.6 is 0 Å². The summed E-state index contributed by atoms with van der Waals surface area (Å²) in [6.07, 6.45) is -0.362. The molecule has 0 aliphatic rings. The number of amides is 2. The molecule has 0 bridgehead atoms. The molecule has 2 N–H and O–H groups in total. The van der Waals surface area contributed by atoms with Gasteiger partial charge in [-0.1, -0.05) is 12.1 Å². The van der Waals surface area contributed by atoms with Crippen LogP contribution in [0.3, 0.4) is 0 Å². The Kier molecular flexibility index (Phi) is 6.49. The van der Waals surface area contributed by atoms with Gasteiger partial charge in [-0.15, -0.1) is 0 Å². The quantitative estimate of drug-likeness (QED) is 0.587. The third-order valence-electron chi connectivity index (χ3n) is 3.42. The summed E-state index contributed by atoms with van der Waals surface area (Å²) >= 11 is 0. The molecule has 6 nitrogen and oxygen atoms in total. The predicted molar refractivity (Wildman–Crippen MR) is 101 cm³/mol. The molecule has 0 spiro atoms. The third-order valence-corrected chi connectivity index (χ3v) is 3.42. The van der Waals surface area contributed by atoms with E-state index in [-0.39, 0.29) is 18.3 Å². The predicted octanol–water partition coefficient (Wildman–Crippen LogP) is 3.64. The number of ketones is 1. The Hall–Kier alpha value is -3.15. The van der Waals surface area contributed by atoms with Gasteiger partial charge in [0.15, 0.2) is 5.78 Å². The Morgan fingerprint density at radius 3 is 2.15 bits per heavy atom. The molecular weight excluding hydrogens is 332 g/mol. The number of carbonyl (C=O) groups is 3. The SMILES string of the molecule is CC(=O)c1ccc(NC(=O)CC(=O)Nc2ccccc2OC(C)C)cc1. The van der Waals surface area contributed by atoms with Crippen molar-refractivity contribution < 1.29 is 19.1 Å². The minimum atomic E-state index is -0.444. The van der Waals surface area contributed by atoms with Gasteiger partial charge in [-0.25, -0.2) is 0 Å². The van der Waals surface area contributed by atoms with E-state index in [1.807, 2.05) is 19.9 Å². The van der Waals surface area contributed by atoms with Crippen molar-refractivity contribution in [2.75, 3.05) is 10.6 Å². The average molecular weight is 354 g/mol. The van der Waals surface area contributed by atoms with Crippen molar-refractivity contribution in [3.05, 3.63) is 54.1 Å². The average Bonchev–Trinajstić information content (AvgIpc) is 2.56. The Morgan fingerprint density at radius 1 is 0.923 bits per heavy atom. The second kappa shape index (κ2) is 8.80. The maximum atomic E-state index is 12.1. The highest BCUT2D eigenvalue weighted by molar-refractivity contribution is 6.08. The highest BCUT2D eigenvalue weighted by Crippen LogP contribution is 2.25. The molecule has 2 amide bonds. The molecule has 2 aromatic carbocycles. The van der Waals surface area contributed by atoms with Crippen LogP contribution in [0, 0.1) is 0 Å². The van der Waals surface area contributed by atoms with E-state index in [1.165, 1.54) is 6.92 Å². The number of rotatable bonds is 7. The highest BCUT2D eigenvalue weighted by Gasteiger charge is 2.13. The van der Waals surface area contributed by atoms with Crippen LogP contribution in [0.1, 0.15) is 37.6 Å². The number of para-hydroxylation sites is 2. The van der Waals surface area contributed by atoms with Crippen LogP contribution in [0.15, 0.2) is 48.5 Å². The fraction of sp³-hybridized carbons (Fsp3) is 0.250. The third kappa shape index (κ3) is 5.73. The Labute approximate surface area is 152 Å². The summed E-state index contributed by atoms with van der Waals surface area (Å²) in [6, 6.07) is 13.6. The standard InChI is InChI=1S/C20H22N2O4/c1-13(2)26-18-7-5-4-6-17(18)22-20(25)12-19(24)21-16-10-8-15(9-11-16)14(3)23/h4-11,13H,12H2,1-3H3,(H,21,24)(H,22,25). The summed E-state index contributed by atoms with van der Waals surface area (Å²) in [5, 5.41) is 5.32. The summed E-state index contributed by atoms with van der Waals surface area (Å²) in [5.74, 6) is -0.386. The number of ether oxygens (including phenoxy) is 1. The normalized spacial score (nSPS) is 10.3. The number of Topliss-reactive ketones (excluding diaryl/α,β-unsaturated/α-hetero) is 1. The lowest BCUT2D eigenvalue weighted by molar-refractivity contribution is -0.123. The van der Waals surface area contributed by atoms with Crippen molar-refractivity contribution in [2.45, 2.75) is 33.3 Å². The Bertz CT molecular complexity index is 798. The van der Waals surface area contributed by atoms with E-state index < -0.39 is 11.8 Å². The smallest absolute Gasteiger partial charge is 0.233 e. The molecule has 0 unspecified atom stereocenters. The fourth-order valence-electron chi connectivity index (χ4n) is 2.26. The lowest BCUT2D eigenvalue weighted by atomic mass is 10.1. The Morgan fingerprint density at radius 2 is 1.54 bits per heavy atom. The van der Waals surface area contributed by atoms with Crippen LogP contribution in [0.4, 0.5) is 11.4 Å². The number of anilines is 2. The molecule has 0 atom stereocenters. The van der Waals surface area contributed by atoms with Crippen molar-refractivity contribution in [1.29, 1.82) is 0 Å². The minimum absolute atomic E-state index is 0.0330. The van der Waals surface area contributed by atoms with Crippen molar-refractivity contribution >= 4 is 29.0 Å². The van der Waals surface area contributed by atoms with Crippen LogP contribution in [0.25, 0.3) is 0 Å². The summed E-state index contributed by atoms with van der Waals surface area (Å²) in [5.41, 5.74) is 1.60. The largest absolute Gasteiger partial charge is 0.489 e. The van der Waals surface area contributed by atoms with Gasteiger partial charge in [0.05, 0.1) is 11.8 Å². The van der Waals surface area contributed by atoms with Gasteiger partial charge in [-0.3, -0.25) is 14.4 Å². The van der Waals surface area contributed by atoms with E-state index in [0.717, 1.165) is 0 Å². The van der Waals surface area contributed by atoms with Gasteiger partial charge in [0.25, 0.3) is 0 Å². The lowest BCUT2D eigenvalue weighted by Crippen LogP contribution is -2.22. The van der Waals surface area contributed by atoms with E-state index in [2.05, 4.69) is 10.6 Å². The van der Waals surface area contributed by atoms with E-state index in [9.17, 15) is 14.4 Å². The molecule has 26 heavy (non-hydrogen) atoms. The van der Waals surface area contributed by atoms with Gasteiger partial charge in [-0.05, 0) is 57.2 Å². The van der Waals surface area contributed by atoms with E-state index in [0.29, 0.717) is 22.7 Å². The maximum Gasteiger partial charge on any atom is 0.233 e. The number of hydrogen-bond donors (Lipinski definition) is 2. The monoisotopic (exact) mass is 354 g/mol. The molecule has 0 aliphatic carbocycles. The van der Waals surface area contributed by atoms with Crippen molar-refractivity contribution in [2.24, 2.45) is 0 Å². The summed E-state index contributed by atoms with van der Waals surface area (Å²) in [6.45, 7) is 5.26. The first-order valence-corrected chi connectivity index (χ1v) is 8.31. The van der Waals surface area contributed by atoms with Gasteiger partial charge in [0.2, 0.25) is 11.8 Å². The van der Waals surface area contributed by atoms with E-state index in [1.54, 1.807) is 42.5 Å². The zero-order valence-electron chi connectivity index (χ0n) is 15.0. The zero-order valence-corrected chi connectivity index (χ0v) is 15.0. The molecule has 0 saturated carbocycles. The summed E-state index contributed by atoms with van der Waals surface area (Å²) < 4.78 is 5.63. The van der Waals surface area contributed by atoms with Crippen LogP contribution in [0.5, 0.6) is 5.75 Å². The topological polar surface area (TPSA) is 84.5 Å². The van der Waals surface area contributed by atoms with Crippen LogP contribution < -0.4 is 15.4 Å². The van der Waals surface area contributed by atoms with Crippen LogP contribution in [-0.2, 0) is 9.59 Å². The first-order chi connectivity index (χ1) is 12.3.